The zero-order valence-electron chi connectivity index (χ0n) is 8.12. The largest absolute Gasteiger partial charge is 0.158 e. The third kappa shape index (κ3) is 2.25. The maximum Gasteiger partial charge on any atom is 0.0678 e. The Hall–Kier alpha value is -1.44. The molecule has 0 atom stereocenters. The Labute approximate surface area is 79.0 Å². The lowest BCUT2D eigenvalue weighted by Crippen LogP contribution is -1.93. The molecule has 0 unspecified atom stereocenters. The van der Waals surface area contributed by atoms with Gasteiger partial charge in [-0.25, -0.2) is 0 Å². The molecule has 0 aliphatic carbocycles. The second-order valence-corrected chi connectivity index (χ2v) is 2.81. The number of nitrogens with zero attached hydrogens (tertiary/aromatic N) is 2. The monoisotopic (exact) mass is 174 g/mol. The lowest BCUT2D eigenvalue weighted by Gasteiger charge is -2.01. The van der Waals surface area contributed by atoms with E-state index in [0.29, 0.717) is 0 Å². The normalized spacial score (nSPS) is 10.6. The van der Waals surface area contributed by atoms with E-state index < -0.39 is 0 Å². The number of aryl methyl sites for hydroxylation is 1. The van der Waals surface area contributed by atoms with Gasteiger partial charge in [-0.05, 0) is 13.3 Å². The first-order chi connectivity index (χ1) is 6.29. The number of rotatable bonds is 3. The van der Waals surface area contributed by atoms with Crippen molar-refractivity contribution in [1.82, 2.24) is 10.2 Å². The topological polar surface area (TPSA) is 25.8 Å². The van der Waals surface area contributed by atoms with Crippen molar-refractivity contribution in [3.05, 3.63) is 35.7 Å². The van der Waals surface area contributed by atoms with Gasteiger partial charge in [-0.2, -0.15) is 10.2 Å². The Morgan fingerprint density at radius 2 is 2.31 bits per heavy atom. The van der Waals surface area contributed by atoms with Gasteiger partial charge in [-0.3, -0.25) is 0 Å². The highest BCUT2D eigenvalue weighted by molar-refractivity contribution is 5.64. The Morgan fingerprint density at radius 1 is 1.54 bits per heavy atom. The van der Waals surface area contributed by atoms with Crippen molar-refractivity contribution in [2.24, 2.45) is 0 Å². The average molecular weight is 174 g/mol. The summed E-state index contributed by atoms with van der Waals surface area (Å²) in [6.45, 7) is 7.80. The summed E-state index contributed by atoms with van der Waals surface area (Å²) in [6, 6.07) is 0. The van der Waals surface area contributed by atoms with E-state index in [1.54, 1.807) is 12.3 Å². The van der Waals surface area contributed by atoms with Crippen LogP contribution in [-0.4, -0.2) is 10.2 Å². The summed E-state index contributed by atoms with van der Waals surface area (Å²) in [5, 5.41) is 7.86. The quantitative estimate of drug-likeness (QED) is 0.704. The fraction of sp³-hybridized carbons (Fsp3) is 0.273. The van der Waals surface area contributed by atoms with Gasteiger partial charge >= 0.3 is 0 Å². The van der Waals surface area contributed by atoms with Crippen molar-refractivity contribution in [2.75, 3.05) is 0 Å². The van der Waals surface area contributed by atoms with Crippen LogP contribution in [0.1, 0.15) is 30.2 Å². The molecule has 1 rings (SSSR count). The van der Waals surface area contributed by atoms with Crippen molar-refractivity contribution >= 4 is 12.2 Å². The van der Waals surface area contributed by atoms with Gasteiger partial charge in [0.1, 0.15) is 0 Å². The fourth-order valence-corrected chi connectivity index (χ4v) is 1.13. The summed E-state index contributed by atoms with van der Waals surface area (Å²) < 4.78 is 0. The van der Waals surface area contributed by atoms with Gasteiger partial charge in [0.15, 0.2) is 0 Å². The molecule has 1 aromatic heterocycles. The van der Waals surface area contributed by atoms with Gasteiger partial charge < -0.3 is 0 Å². The van der Waals surface area contributed by atoms with Crippen molar-refractivity contribution in [1.29, 1.82) is 0 Å². The van der Waals surface area contributed by atoms with Gasteiger partial charge in [0.05, 0.1) is 11.9 Å². The van der Waals surface area contributed by atoms with Crippen molar-refractivity contribution < 1.29 is 0 Å². The smallest absolute Gasteiger partial charge is 0.0678 e. The second kappa shape index (κ2) is 4.55. The van der Waals surface area contributed by atoms with Gasteiger partial charge in [0, 0.05) is 11.1 Å². The standard InChI is InChI=1S/C11H14N2/c1-4-6-7-11-9(3)13-12-8-10(11)5-2/h5-8H,2,4H2,1,3H3/b7-6-. The lowest BCUT2D eigenvalue weighted by molar-refractivity contribution is 0.971. The Bertz CT molecular complexity index is 327. The van der Waals surface area contributed by atoms with E-state index >= 15 is 0 Å². The molecule has 2 nitrogen and oxygen atoms in total. The number of allylic oxidation sites excluding steroid dienone is 1. The molecular formula is C11H14N2. The van der Waals surface area contributed by atoms with Crippen LogP contribution >= 0.6 is 0 Å². The van der Waals surface area contributed by atoms with Crippen LogP contribution in [0.2, 0.25) is 0 Å². The SMILES string of the molecule is C=Cc1cnnc(C)c1/C=C\CC. The van der Waals surface area contributed by atoms with Crippen LogP contribution in [0.25, 0.3) is 12.2 Å². The fourth-order valence-electron chi connectivity index (χ4n) is 1.13. The average Bonchev–Trinajstić information content (AvgIpc) is 2.15. The van der Waals surface area contributed by atoms with Gasteiger partial charge in [-0.1, -0.05) is 31.7 Å². The molecule has 1 heterocycles. The summed E-state index contributed by atoms with van der Waals surface area (Å²) in [5.74, 6) is 0. The zero-order chi connectivity index (χ0) is 9.68. The molecule has 0 aliphatic heterocycles. The van der Waals surface area contributed by atoms with E-state index in [9.17, 15) is 0 Å². The number of hydrogen-bond donors (Lipinski definition) is 0. The van der Waals surface area contributed by atoms with E-state index in [0.717, 1.165) is 23.2 Å². The third-order valence-corrected chi connectivity index (χ3v) is 1.85. The summed E-state index contributed by atoms with van der Waals surface area (Å²) in [5.41, 5.74) is 3.10. The van der Waals surface area contributed by atoms with Crippen LogP contribution in [0, 0.1) is 6.92 Å². The van der Waals surface area contributed by atoms with Crippen LogP contribution < -0.4 is 0 Å². The van der Waals surface area contributed by atoms with Crippen LogP contribution in [0.15, 0.2) is 18.9 Å². The molecule has 2 heteroatoms. The van der Waals surface area contributed by atoms with Gasteiger partial charge in [0.2, 0.25) is 0 Å². The second-order valence-electron chi connectivity index (χ2n) is 2.81. The molecule has 0 fully saturated rings. The predicted octanol–water partition coefficient (Wildman–Crippen LogP) is 2.85. The Morgan fingerprint density at radius 3 is 2.92 bits per heavy atom. The highest BCUT2D eigenvalue weighted by Gasteiger charge is 2.00. The maximum absolute atomic E-state index is 3.99. The predicted molar refractivity (Wildman–Crippen MR) is 56.2 cm³/mol. The zero-order valence-corrected chi connectivity index (χ0v) is 8.12. The number of hydrogen-bond acceptors (Lipinski definition) is 2. The molecular weight excluding hydrogens is 160 g/mol. The molecule has 0 aliphatic rings. The van der Waals surface area contributed by atoms with Crippen molar-refractivity contribution in [3.8, 4) is 0 Å². The molecule has 0 amide bonds. The molecule has 0 radical (unpaired) electrons. The van der Waals surface area contributed by atoms with E-state index in [-0.39, 0.29) is 0 Å². The highest BCUT2D eigenvalue weighted by Crippen LogP contribution is 2.13. The minimum atomic E-state index is 0.946. The van der Waals surface area contributed by atoms with E-state index in [1.165, 1.54) is 0 Å². The van der Waals surface area contributed by atoms with E-state index in [4.69, 9.17) is 0 Å². The Balaban J connectivity index is 3.14. The van der Waals surface area contributed by atoms with Crippen LogP contribution in [-0.2, 0) is 0 Å². The van der Waals surface area contributed by atoms with Crippen LogP contribution in [0.4, 0.5) is 0 Å². The molecule has 0 N–H and O–H groups in total. The molecule has 0 aromatic carbocycles. The van der Waals surface area contributed by atoms with E-state index in [2.05, 4.69) is 35.9 Å². The first kappa shape index (κ1) is 9.65. The summed E-state index contributed by atoms with van der Waals surface area (Å²) >= 11 is 0. The summed E-state index contributed by atoms with van der Waals surface area (Å²) in [4.78, 5) is 0. The molecule has 0 spiro atoms. The highest BCUT2D eigenvalue weighted by atomic mass is 15.1. The number of aromatic nitrogens is 2. The summed E-state index contributed by atoms with van der Waals surface area (Å²) in [7, 11) is 0. The molecule has 13 heavy (non-hydrogen) atoms. The molecule has 0 saturated carbocycles. The van der Waals surface area contributed by atoms with Gasteiger partial charge in [-0.15, -0.1) is 0 Å². The van der Waals surface area contributed by atoms with E-state index in [1.807, 2.05) is 6.92 Å². The first-order valence-corrected chi connectivity index (χ1v) is 4.40. The van der Waals surface area contributed by atoms with Crippen LogP contribution in [0.5, 0.6) is 0 Å². The third-order valence-electron chi connectivity index (χ3n) is 1.85. The molecule has 0 bridgehead atoms. The molecule has 0 saturated heterocycles. The lowest BCUT2D eigenvalue weighted by atomic mass is 10.1. The summed E-state index contributed by atoms with van der Waals surface area (Å²) in [6.07, 6.45) is 8.74. The minimum Gasteiger partial charge on any atom is -0.158 e. The van der Waals surface area contributed by atoms with Gasteiger partial charge in [0.25, 0.3) is 0 Å². The molecule has 1 aromatic rings. The Kier molecular flexibility index (Phi) is 3.38. The maximum atomic E-state index is 3.99. The molecule has 68 valence electrons. The van der Waals surface area contributed by atoms with Crippen molar-refractivity contribution in [3.63, 3.8) is 0 Å². The minimum absolute atomic E-state index is 0.946. The van der Waals surface area contributed by atoms with Crippen molar-refractivity contribution in [2.45, 2.75) is 20.3 Å². The van der Waals surface area contributed by atoms with Crippen LogP contribution in [0.3, 0.4) is 0 Å². The first-order valence-electron chi connectivity index (χ1n) is 4.40.